The van der Waals surface area contributed by atoms with Crippen LogP contribution in [0.5, 0.6) is 11.5 Å². The van der Waals surface area contributed by atoms with E-state index in [0.717, 1.165) is 0 Å². The Morgan fingerprint density at radius 3 is 2.44 bits per heavy atom. The van der Waals surface area contributed by atoms with Crippen LogP contribution in [0, 0.1) is 6.92 Å². The zero-order chi connectivity index (χ0) is 12.3. The predicted molar refractivity (Wildman–Crippen MR) is 48.1 cm³/mol. The molecule has 0 aliphatic carbocycles. The van der Waals surface area contributed by atoms with E-state index in [4.69, 9.17) is 9.84 Å². The quantitative estimate of drug-likeness (QED) is 0.870. The average molecular weight is 237 g/mol. The van der Waals surface area contributed by atoms with Crippen LogP contribution in [0.4, 0.5) is 13.2 Å². The molecule has 0 amide bonds. The number of hydrogen-bond donors (Lipinski definition) is 1. The molecule has 0 aromatic carbocycles. The van der Waals surface area contributed by atoms with Crippen LogP contribution in [0.1, 0.15) is 11.3 Å². The number of pyridine rings is 1. The summed E-state index contributed by atoms with van der Waals surface area (Å²) in [5, 5.41) is 8.88. The van der Waals surface area contributed by atoms with E-state index in [0.29, 0.717) is 0 Å². The third kappa shape index (κ3) is 2.75. The van der Waals surface area contributed by atoms with Crippen molar-refractivity contribution >= 4 is 0 Å². The number of alkyl halides is 3. The minimum atomic E-state index is -4.81. The van der Waals surface area contributed by atoms with Crippen LogP contribution < -0.4 is 9.47 Å². The fraction of sp³-hybridized carbons (Fsp3) is 0.444. The van der Waals surface area contributed by atoms with E-state index >= 15 is 0 Å². The molecular formula is C9H10F3NO3. The molecule has 90 valence electrons. The molecule has 1 N–H and O–H groups in total. The molecule has 0 spiro atoms. The molecule has 4 nitrogen and oxygen atoms in total. The van der Waals surface area contributed by atoms with E-state index in [1.165, 1.54) is 20.2 Å². The molecule has 1 aromatic heterocycles. The lowest BCUT2D eigenvalue weighted by Crippen LogP contribution is -2.19. The van der Waals surface area contributed by atoms with Crippen LogP contribution >= 0.6 is 0 Å². The maximum atomic E-state index is 12.1. The molecule has 1 rings (SSSR count). The Morgan fingerprint density at radius 2 is 2.00 bits per heavy atom. The number of methoxy groups -OCH3 is 1. The summed E-state index contributed by atoms with van der Waals surface area (Å²) in [7, 11) is 1.18. The Balaban J connectivity index is 3.23. The first-order chi connectivity index (χ1) is 7.39. The highest BCUT2D eigenvalue weighted by molar-refractivity contribution is 5.47. The van der Waals surface area contributed by atoms with Gasteiger partial charge in [0.15, 0.2) is 11.5 Å². The number of aliphatic hydroxyl groups excluding tert-OH is 1. The van der Waals surface area contributed by atoms with Gasteiger partial charge in [0.2, 0.25) is 0 Å². The molecule has 7 heteroatoms. The number of aryl methyl sites for hydroxylation is 1. The first kappa shape index (κ1) is 12.6. The summed E-state index contributed by atoms with van der Waals surface area (Å²) in [6, 6.07) is 0. The number of hydrogen-bond acceptors (Lipinski definition) is 4. The van der Waals surface area contributed by atoms with Gasteiger partial charge in [0.05, 0.1) is 13.7 Å². The number of rotatable bonds is 3. The topological polar surface area (TPSA) is 51.6 Å². The van der Waals surface area contributed by atoms with Gasteiger partial charge in [-0.15, -0.1) is 13.2 Å². The number of ether oxygens (including phenoxy) is 2. The number of nitrogens with zero attached hydrogens (tertiary/aromatic N) is 1. The van der Waals surface area contributed by atoms with Crippen LogP contribution in [0.25, 0.3) is 0 Å². The molecule has 0 aliphatic heterocycles. The second-order valence-electron chi connectivity index (χ2n) is 2.96. The Morgan fingerprint density at radius 1 is 1.38 bits per heavy atom. The molecule has 1 heterocycles. The van der Waals surface area contributed by atoms with Gasteiger partial charge in [-0.05, 0) is 6.92 Å². The third-order valence-corrected chi connectivity index (χ3v) is 1.81. The molecule has 0 unspecified atom stereocenters. The van der Waals surface area contributed by atoms with Crippen molar-refractivity contribution in [2.45, 2.75) is 19.9 Å². The Bertz CT molecular complexity index is 379. The molecule has 0 saturated carbocycles. The molecule has 0 atom stereocenters. The predicted octanol–water partition coefficient (Wildman–Crippen LogP) is 1.79. The highest BCUT2D eigenvalue weighted by atomic mass is 19.4. The molecular weight excluding hydrogens is 227 g/mol. The summed E-state index contributed by atoms with van der Waals surface area (Å²) in [5.41, 5.74) is 0.165. The van der Waals surface area contributed by atoms with Gasteiger partial charge in [0.1, 0.15) is 5.69 Å². The number of aromatic nitrogens is 1. The highest BCUT2D eigenvalue weighted by Crippen LogP contribution is 2.36. The first-order valence-corrected chi connectivity index (χ1v) is 4.28. The summed E-state index contributed by atoms with van der Waals surface area (Å²) in [6.07, 6.45) is -3.64. The van der Waals surface area contributed by atoms with Crippen LogP contribution in [-0.4, -0.2) is 23.6 Å². The van der Waals surface area contributed by atoms with Crippen molar-refractivity contribution in [3.63, 3.8) is 0 Å². The van der Waals surface area contributed by atoms with Crippen molar-refractivity contribution in [3.05, 3.63) is 17.5 Å². The van der Waals surface area contributed by atoms with Crippen LogP contribution in [0.15, 0.2) is 6.20 Å². The minimum absolute atomic E-state index is 0.00708. The maximum absolute atomic E-state index is 12.1. The Hall–Kier alpha value is -1.50. The molecule has 0 fully saturated rings. The molecule has 0 aliphatic rings. The minimum Gasteiger partial charge on any atom is -0.491 e. The van der Waals surface area contributed by atoms with Gasteiger partial charge in [0.25, 0.3) is 0 Å². The zero-order valence-electron chi connectivity index (χ0n) is 8.63. The lowest BCUT2D eigenvalue weighted by molar-refractivity contribution is -0.275. The van der Waals surface area contributed by atoms with E-state index in [-0.39, 0.29) is 17.0 Å². The lowest BCUT2D eigenvalue weighted by atomic mass is 10.2. The van der Waals surface area contributed by atoms with Crippen LogP contribution in [0.2, 0.25) is 0 Å². The van der Waals surface area contributed by atoms with Crippen molar-refractivity contribution in [2.24, 2.45) is 0 Å². The first-order valence-electron chi connectivity index (χ1n) is 4.28. The lowest BCUT2D eigenvalue weighted by Gasteiger charge is -2.16. The van der Waals surface area contributed by atoms with Crippen molar-refractivity contribution in [1.82, 2.24) is 4.98 Å². The number of aliphatic hydroxyl groups is 1. The van der Waals surface area contributed by atoms with E-state index in [2.05, 4.69) is 9.72 Å². The summed E-state index contributed by atoms with van der Waals surface area (Å²) < 4.78 is 44.9. The fourth-order valence-corrected chi connectivity index (χ4v) is 1.17. The average Bonchev–Trinajstić information content (AvgIpc) is 2.19. The van der Waals surface area contributed by atoms with Crippen LogP contribution in [0.3, 0.4) is 0 Å². The van der Waals surface area contributed by atoms with Crippen LogP contribution in [-0.2, 0) is 6.61 Å². The highest BCUT2D eigenvalue weighted by Gasteiger charge is 2.34. The summed E-state index contributed by atoms with van der Waals surface area (Å²) in [5.74, 6) is -0.686. The van der Waals surface area contributed by atoms with Gasteiger partial charge < -0.3 is 14.6 Å². The standard InChI is InChI=1S/C9H10F3NO3/c1-5-3-13-6(4-14)8(15-2)7(5)16-9(10,11)12/h3,14H,4H2,1-2H3. The SMILES string of the molecule is COc1c(CO)ncc(C)c1OC(F)(F)F. The van der Waals surface area contributed by atoms with E-state index < -0.39 is 18.7 Å². The molecule has 0 radical (unpaired) electrons. The summed E-state index contributed by atoms with van der Waals surface area (Å²) in [4.78, 5) is 3.74. The largest absolute Gasteiger partial charge is 0.573 e. The Labute approximate surface area is 89.6 Å². The summed E-state index contributed by atoms with van der Waals surface area (Å²) >= 11 is 0. The van der Waals surface area contributed by atoms with E-state index in [1.54, 1.807) is 0 Å². The monoisotopic (exact) mass is 237 g/mol. The number of halogens is 3. The van der Waals surface area contributed by atoms with Gasteiger partial charge in [-0.25, -0.2) is 0 Å². The zero-order valence-corrected chi connectivity index (χ0v) is 8.63. The fourth-order valence-electron chi connectivity index (χ4n) is 1.17. The second-order valence-corrected chi connectivity index (χ2v) is 2.96. The Kier molecular flexibility index (Phi) is 3.58. The van der Waals surface area contributed by atoms with Crippen molar-refractivity contribution in [3.8, 4) is 11.5 Å². The van der Waals surface area contributed by atoms with E-state index in [9.17, 15) is 13.2 Å². The molecule has 0 bridgehead atoms. The van der Waals surface area contributed by atoms with Gasteiger partial charge in [0, 0.05) is 11.8 Å². The van der Waals surface area contributed by atoms with Crippen molar-refractivity contribution in [1.29, 1.82) is 0 Å². The molecule has 1 aromatic rings. The molecule has 0 saturated heterocycles. The second kappa shape index (κ2) is 4.56. The normalized spacial score (nSPS) is 11.4. The third-order valence-electron chi connectivity index (χ3n) is 1.81. The van der Waals surface area contributed by atoms with Crippen molar-refractivity contribution < 1.29 is 27.8 Å². The van der Waals surface area contributed by atoms with Gasteiger partial charge in [-0.1, -0.05) is 0 Å². The van der Waals surface area contributed by atoms with Gasteiger partial charge in [-0.2, -0.15) is 0 Å². The van der Waals surface area contributed by atoms with E-state index in [1.807, 2.05) is 0 Å². The maximum Gasteiger partial charge on any atom is 0.573 e. The smallest absolute Gasteiger partial charge is 0.491 e. The van der Waals surface area contributed by atoms with Crippen molar-refractivity contribution in [2.75, 3.05) is 7.11 Å². The molecule has 16 heavy (non-hydrogen) atoms. The van der Waals surface area contributed by atoms with Gasteiger partial charge >= 0.3 is 6.36 Å². The summed E-state index contributed by atoms with van der Waals surface area (Å²) in [6.45, 7) is 0.870. The van der Waals surface area contributed by atoms with Gasteiger partial charge in [-0.3, -0.25) is 4.98 Å².